The number of carbonyl (C=O) groups is 2. The lowest BCUT2D eigenvalue weighted by Crippen LogP contribution is -2.36. The molecule has 2 aromatic rings. The van der Waals surface area contributed by atoms with Crippen molar-refractivity contribution in [3.05, 3.63) is 59.1 Å². The summed E-state index contributed by atoms with van der Waals surface area (Å²) in [6.07, 6.45) is -0.587. The number of nitrogens with one attached hydrogen (secondary N) is 2. The van der Waals surface area contributed by atoms with Crippen molar-refractivity contribution >= 4 is 23.6 Å². The van der Waals surface area contributed by atoms with Crippen LogP contribution in [0.15, 0.2) is 48.5 Å². The molecule has 0 heterocycles. The Morgan fingerprint density at radius 1 is 1.04 bits per heavy atom. The van der Waals surface area contributed by atoms with E-state index in [1.807, 2.05) is 6.07 Å². The Labute approximate surface area is 144 Å². The van der Waals surface area contributed by atoms with Gasteiger partial charge < -0.3 is 20.1 Å². The summed E-state index contributed by atoms with van der Waals surface area (Å²) in [5.41, 5.74) is 0.330. The first kappa shape index (κ1) is 17.6. The molecule has 24 heavy (non-hydrogen) atoms. The van der Waals surface area contributed by atoms with Gasteiger partial charge in [0, 0.05) is 18.1 Å². The van der Waals surface area contributed by atoms with Crippen molar-refractivity contribution in [2.24, 2.45) is 0 Å². The zero-order chi connectivity index (χ0) is 17.4. The standard InChI is InChI=1S/C17H17ClN2O4/c1-23-15-8-7-12(18)11-14(15)16(21)19-9-10-20-17(22)24-13-5-3-2-4-6-13/h2-8,11H,9-10H2,1H3,(H,19,21)(H,20,22). The molecule has 6 nitrogen and oxygen atoms in total. The van der Waals surface area contributed by atoms with Gasteiger partial charge in [0.25, 0.3) is 5.91 Å². The lowest BCUT2D eigenvalue weighted by molar-refractivity contribution is 0.0950. The van der Waals surface area contributed by atoms with Gasteiger partial charge in [-0.3, -0.25) is 4.79 Å². The summed E-state index contributed by atoms with van der Waals surface area (Å²) in [4.78, 5) is 23.7. The van der Waals surface area contributed by atoms with Gasteiger partial charge in [0.15, 0.2) is 0 Å². The van der Waals surface area contributed by atoms with E-state index >= 15 is 0 Å². The lowest BCUT2D eigenvalue weighted by Gasteiger charge is -2.10. The molecule has 2 amide bonds. The van der Waals surface area contributed by atoms with Crippen LogP contribution in [0.25, 0.3) is 0 Å². The number of halogens is 1. The average molecular weight is 349 g/mol. The van der Waals surface area contributed by atoms with Gasteiger partial charge in [-0.2, -0.15) is 0 Å². The van der Waals surface area contributed by atoms with Crippen LogP contribution in [0.5, 0.6) is 11.5 Å². The molecule has 0 saturated carbocycles. The predicted octanol–water partition coefficient (Wildman–Crippen LogP) is 2.87. The topological polar surface area (TPSA) is 76.7 Å². The quantitative estimate of drug-likeness (QED) is 0.787. The van der Waals surface area contributed by atoms with Crippen LogP contribution >= 0.6 is 11.6 Å². The van der Waals surface area contributed by atoms with Crippen molar-refractivity contribution < 1.29 is 19.1 Å². The maximum atomic E-state index is 12.1. The fourth-order valence-electron chi connectivity index (χ4n) is 1.93. The second-order valence-corrected chi connectivity index (χ2v) is 5.17. The van der Waals surface area contributed by atoms with Gasteiger partial charge in [0.2, 0.25) is 0 Å². The average Bonchev–Trinajstić information content (AvgIpc) is 2.59. The zero-order valence-electron chi connectivity index (χ0n) is 13.0. The number of benzene rings is 2. The van der Waals surface area contributed by atoms with Gasteiger partial charge in [-0.05, 0) is 30.3 Å². The molecule has 2 aromatic carbocycles. The van der Waals surface area contributed by atoms with E-state index in [1.54, 1.807) is 36.4 Å². The fourth-order valence-corrected chi connectivity index (χ4v) is 2.10. The molecule has 0 unspecified atom stereocenters. The van der Waals surface area contributed by atoms with E-state index in [1.165, 1.54) is 13.2 Å². The smallest absolute Gasteiger partial charge is 0.412 e. The number of para-hydroxylation sites is 1. The molecular weight excluding hydrogens is 332 g/mol. The molecule has 0 aliphatic rings. The maximum absolute atomic E-state index is 12.1. The van der Waals surface area contributed by atoms with E-state index in [0.29, 0.717) is 22.1 Å². The Balaban J connectivity index is 1.77. The molecule has 7 heteroatoms. The number of methoxy groups -OCH3 is 1. The number of hydrogen-bond donors (Lipinski definition) is 2. The molecule has 0 aliphatic heterocycles. The van der Waals surface area contributed by atoms with Crippen LogP contribution in [0.3, 0.4) is 0 Å². The van der Waals surface area contributed by atoms with E-state index in [2.05, 4.69) is 10.6 Å². The van der Waals surface area contributed by atoms with Crippen LogP contribution in [0.1, 0.15) is 10.4 Å². The van der Waals surface area contributed by atoms with Gasteiger partial charge in [0.1, 0.15) is 11.5 Å². The molecule has 0 aromatic heterocycles. The third-order valence-corrected chi connectivity index (χ3v) is 3.27. The second kappa shape index (κ2) is 8.79. The normalized spacial score (nSPS) is 9.92. The van der Waals surface area contributed by atoms with Crippen LogP contribution in [-0.2, 0) is 0 Å². The summed E-state index contributed by atoms with van der Waals surface area (Å²) < 4.78 is 10.2. The molecule has 0 spiro atoms. The molecule has 0 atom stereocenters. The third-order valence-electron chi connectivity index (χ3n) is 3.04. The minimum atomic E-state index is -0.587. The Kier molecular flexibility index (Phi) is 6.45. The highest BCUT2D eigenvalue weighted by molar-refractivity contribution is 6.31. The van der Waals surface area contributed by atoms with E-state index in [9.17, 15) is 9.59 Å². The van der Waals surface area contributed by atoms with Crippen LogP contribution in [0, 0.1) is 0 Å². The van der Waals surface area contributed by atoms with E-state index in [0.717, 1.165) is 0 Å². The Morgan fingerprint density at radius 2 is 1.75 bits per heavy atom. The second-order valence-electron chi connectivity index (χ2n) is 4.73. The molecular formula is C17H17ClN2O4. The predicted molar refractivity (Wildman–Crippen MR) is 90.8 cm³/mol. The van der Waals surface area contributed by atoms with E-state index < -0.39 is 6.09 Å². The molecule has 2 rings (SSSR count). The monoisotopic (exact) mass is 348 g/mol. The van der Waals surface area contributed by atoms with Crippen molar-refractivity contribution in [3.63, 3.8) is 0 Å². The van der Waals surface area contributed by atoms with Crippen LogP contribution in [0.2, 0.25) is 5.02 Å². The van der Waals surface area contributed by atoms with Crippen molar-refractivity contribution in [2.45, 2.75) is 0 Å². The molecule has 0 aliphatic carbocycles. The molecule has 126 valence electrons. The van der Waals surface area contributed by atoms with E-state index in [4.69, 9.17) is 21.1 Å². The highest BCUT2D eigenvalue weighted by Gasteiger charge is 2.12. The molecule has 2 N–H and O–H groups in total. The summed E-state index contributed by atoms with van der Waals surface area (Å²) in [7, 11) is 1.47. The Hall–Kier alpha value is -2.73. The summed E-state index contributed by atoms with van der Waals surface area (Å²) in [6.45, 7) is 0.457. The number of rotatable bonds is 6. The first-order valence-electron chi connectivity index (χ1n) is 7.22. The molecule has 0 fully saturated rings. The maximum Gasteiger partial charge on any atom is 0.412 e. The SMILES string of the molecule is COc1ccc(Cl)cc1C(=O)NCCNC(=O)Oc1ccccc1. The van der Waals surface area contributed by atoms with Crippen molar-refractivity contribution in [3.8, 4) is 11.5 Å². The van der Waals surface area contributed by atoms with Gasteiger partial charge in [-0.1, -0.05) is 29.8 Å². The number of ether oxygens (including phenoxy) is 2. The highest BCUT2D eigenvalue weighted by Crippen LogP contribution is 2.22. The zero-order valence-corrected chi connectivity index (χ0v) is 13.8. The first-order valence-corrected chi connectivity index (χ1v) is 7.60. The number of carbonyl (C=O) groups excluding carboxylic acids is 2. The van der Waals surface area contributed by atoms with Crippen molar-refractivity contribution in [1.82, 2.24) is 10.6 Å². The summed E-state index contributed by atoms with van der Waals surface area (Å²) in [5, 5.41) is 5.65. The number of amides is 2. The Bertz CT molecular complexity index is 707. The minimum absolute atomic E-state index is 0.223. The van der Waals surface area contributed by atoms with Crippen molar-refractivity contribution in [2.75, 3.05) is 20.2 Å². The summed E-state index contributed by atoms with van der Waals surface area (Å²) in [5.74, 6) is 0.531. The largest absolute Gasteiger partial charge is 0.496 e. The fraction of sp³-hybridized carbons (Fsp3) is 0.176. The van der Waals surface area contributed by atoms with Gasteiger partial charge in [-0.15, -0.1) is 0 Å². The summed E-state index contributed by atoms with van der Waals surface area (Å²) in [6, 6.07) is 13.5. The minimum Gasteiger partial charge on any atom is -0.496 e. The van der Waals surface area contributed by atoms with Crippen LogP contribution in [-0.4, -0.2) is 32.2 Å². The van der Waals surface area contributed by atoms with Crippen LogP contribution < -0.4 is 20.1 Å². The third kappa shape index (κ3) is 5.17. The van der Waals surface area contributed by atoms with E-state index in [-0.39, 0.29) is 19.0 Å². The Morgan fingerprint density at radius 3 is 2.46 bits per heavy atom. The van der Waals surface area contributed by atoms with Gasteiger partial charge in [-0.25, -0.2) is 4.79 Å². The van der Waals surface area contributed by atoms with Gasteiger partial charge in [0.05, 0.1) is 12.7 Å². The van der Waals surface area contributed by atoms with Gasteiger partial charge >= 0.3 is 6.09 Å². The first-order chi connectivity index (χ1) is 11.6. The van der Waals surface area contributed by atoms with Crippen LogP contribution in [0.4, 0.5) is 4.79 Å². The highest BCUT2D eigenvalue weighted by atomic mass is 35.5. The number of hydrogen-bond acceptors (Lipinski definition) is 4. The summed E-state index contributed by atoms with van der Waals surface area (Å²) >= 11 is 5.89. The molecule has 0 radical (unpaired) electrons. The van der Waals surface area contributed by atoms with Crippen molar-refractivity contribution in [1.29, 1.82) is 0 Å². The molecule has 0 saturated heterocycles. The lowest BCUT2D eigenvalue weighted by atomic mass is 10.2. The molecule has 0 bridgehead atoms.